The van der Waals surface area contributed by atoms with Gasteiger partial charge in [0.15, 0.2) is 0 Å². The van der Waals surface area contributed by atoms with Crippen LogP contribution in [0.4, 0.5) is 5.69 Å². The van der Waals surface area contributed by atoms with Crippen LogP contribution in [0.1, 0.15) is 44.6 Å². The number of nitro groups is 1. The molecule has 0 radical (unpaired) electrons. The molecule has 5 aliphatic heterocycles. The molecule has 0 aliphatic carbocycles. The number of piperazine rings is 1. The second-order valence-electron chi connectivity index (χ2n) is 7.53. The maximum atomic E-state index is 12.4. The molecule has 26 heavy (non-hydrogen) atoms. The standard InChI is InChI=1S/C20H25N3O3/c1-2-20(24)22-18-10-8-16-19(22)11-9-17(18)21(16)12-4-6-14-5-3-7-15(13-14)23(25)26/h3-7,13,16-19H,2,8-12H2,1H3/b6-4+/t16-,17-,18-,19-/m0/s1. The molecule has 5 heterocycles. The van der Waals surface area contributed by atoms with Gasteiger partial charge in [0.05, 0.1) is 4.92 Å². The summed E-state index contributed by atoms with van der Waals surface area (Å²) in [7, 11) is 0. The van der Waals surface area contributed by atoms with E-state index in [9.17, 15) is 14.9 Å². The molecule has 1 amide bonds. The Hall–Kier alpha value is -2.21. The monoisotopic (exact) mass is 355 g/mol. The van der Waals surface area contributed by atoms with E-state index in [4.69, 9.17) is 0 Å². The third-order valence-corrected chi connectivity index (χ3v) is 6.27. The zero-order valence-electron chi connectivity index (χ0n) is 15.1. The van der Waals surface area contributed by atoms with E-state index in [0.717, 1.165) is 24.9 Å². The molecular formula is C20H25N3O3. The van der Waals surface area contributed by atoms with Crippen molar-refractivity contribution in [2.45, 2.75) is 63.2 Å². The number of fused-ring (bicyclic) bond motifs is 2. The first kappa shape index (κ1) is 17.2. The Morgan fingerprint density at radius 2 is 1.85 bits per heavy atom. The predicted molar refractivity (Wildman–Crippen MR) is 99.6 cm³/mol. The first-order valence-electron chi connectivity index (χ1n) is 9.58. The van der Waals surface area contributed by atoms with Crippen molar-refractivity contribution in [1.29, 1.82) is 0 Å². The maximum absolute atomic E-state index is 12.4. The smallest absolute Gasteiger partial charge is 0.270 e. The molecule has 4 bridgehead atoms. The number of hydrogen-bond donors (Lipinski definition) is 0. The van der Waals surface area contributed by atoms with Gasteiger partial charge in [-0.15, -0.1) is 0 Å². The molecular weight excluding hydrogens is 330 g/mol. The molecule has 0 spiro atoms. The summed E-state index contributed by atoms with van der Waals surface area (Å²) >= 11 is 0. The second-order valence-corrected chi connectivity index (χ2v) is 7.53. The van der Waals surface area contributed by atoms with E-state index in [1.54, 1.807) is 12.1 Å². The molecule has 4 atom stereocenters. The van der Waals surface area contributed by atoms with Gasteiger partial charge in [-0.2, -0.15) is 0 Å². The Labute approximate surface area is 153 Å². The summed E-state index contributed by atoms with van der Waals surface area (Å²) in [6.45, 7) is 2.80. The SMILES string of the molecule is CCC(=O)N1[C@H]2CC[C@H]3[C@@H]1CC[C@@H]2N3C/C=C/c1cccc([N+](=O)[O-])c1. The van der Waals surface area contributed by atoms with Crippen LogP contribution in [0.3, 0.4) is 0 Å². The molecule has 1 aromatic rings. The number of carbonyl (C=O) groups excluding carboxylic acids is 1. The molecule has 0 N–H and O–H groups in total. The number of rotatable bonds is 5. The fourth-order valence-electron chi connectivity index (χ4n) is 5.24. The highest BCUT2D eigenvalue weighted by Gasteiger charge is 2.55. The van der Waals surface area contributed by atoms with E-state index in [1.807, 2.05) is 19.1 Å². The van der Waals surface area contributed by atoms with Crippen LogP contribution >= 0.6 is 0 Å². The van der Waals surface area contributed by atoms with Gasteiger partial charge in [-0.3, -0.25) is 19.8 Å². The summed E-state index contributed by atoms with van der Waals surface area (Å²) in [6.07, 6.45) is 9.28. The van der Waals surface area contributed by atoms with Crippen LogP contribution in [0.2, 0.25) is 0 Å². The molecule has 0 unspecified atom stereocenters. The molecule has 6 nitrogen and oxygen atoms in total. The van der Waals surface area contributed by atoms with Crippen LogP contribution in [-0.2, 0) is 4.79 Å². The van der Waals surface area contributed by atoms with Gasteiger partial charge in [0, 0.05) is 49.3 Å². The van der Waals surface area contributed by atoms with Gasteiger partial charge in [-0.25, -0.2) is 0 Å². The molecule has 5 saturated heterocycles. The summed E-state index contributed by atoms with van der Waals surface area (Å²) in [6, 6.07) is 8.39. The molecule has 1 aromatic carbocycles. The maximum Gasteiger partial charge on any atom is 0.270 e. The average molecular weight is 355 g/mol. The lowest BCUT2D eigenvalue weighted by Crippen LogP contribution is -2.76. The number of carbonyl (C=O) groups is 1. The number of piperidine rings is 4. The number of benzene rings is 1. The summed E-state index contributed by atoms with van der Waals surface area (Å²) in [4.78, 5) is 27.7. The van der Waals surface area contributed by atoms with Crippen molar-refractivity contribution in [3.8, 4) is 0 Å². The molecule has 5 aliphatic rings. The Kier molecular flexibility index (Phi) is 4.53. The molecule has 6 heteroatoms. The fraction of sp³-hybridized carbons (Fsp3) is 0.550. The lowest BCUT2D eigenvalue weighted by Gasteiger charge is -2.64. The minimum Gasteiger partial charge on any atom is -0.334 e. The van der Waals surface area contributed by atoms with Gasteiger partial charge in [-0.05, 0) is 31.2 Å². The van der Waals surface area contributed by atoms with E-state index in [2.05, 4.69) is 15.9 Å². The Morgan fingerprint density at radius 3 is 2.46 bits per heavy atom. The van der Waals surface area contributed by atoms with Gasteiger partial charge < -0.3 is 4.90 Å². The third-order valence-electron chi connectivity index (χ3n) is 6.27. The van der Waals surface area contributed by atoms with Gasteiger partial charge in [0.1, 0.15) is 0 Å². The number of hydrogen-bond acceptors (Lipinski definition) is 4. The minimum atomic E-state index is -0.362. The zero-order valence-corrected chi connectivity index (χ0v) is 15.1. The van der Waals surface area contributed by atoms with Crippen molar-refractivity contribution < 1.29 is 9.72 Å². The van der Waals surface area contributed by atoms with Crippen LogP contribution in [0.15, 0.2) is 30.3 Å². The summed E-state index contributed by atoms with van der Waals surface area (Å²) in [5, 5.41) is 10.9. The number of nitrogens with zero attached hydrogens (tertiary/aromatic N) is 3. The number of non-ortho nitro benzene ring substituents is 1. The second kappa shape index (κ2) is 6.83. The fourth-order valence-corrected chi connectivity index (χ4v) is 5.24. The summed E-state index contributed by atoms with van der Waals surface area (Å²) in [5.74, 6) is 0.307. The van der Waals surface area contributed by atoms with Crippen molar-refractivity contribution in [2.75, 3.05) is 6.54 Å². The highest BCUT2D eigenvalue weighted by atomic mass is 16.6. The van der Waals surface area contributed by atoms with Crippen LogP contribution < -0.4 is 0 Å². The van der Waals surface area contributed by atoms with Crippen molar-refractivity contribution in [1.82, 2.24) is 9.80 Å². The van der Waals surface area contributed by atoms with E-state index >= 15 is 0 Å². The topological polar surface area (TPSA) is 66.7 Å². The third kappa shape index (κ3) is 2.82. The molecule has 0 saturated carbocycles. The van der Waals surface area contributed by atoms with E-state index in [-0.39, 0.29) is 10.6 Å². The molecule has 6 rings (SSSR count). The predicted octanol–water partition coefficient (Wildman–Crippen LogP) is 3.22. The van der Waals surface area contributed by atoms with Crippen molar-refractivity contribution >= 4 is 17.7 Å². The quantitative estimate of drug-likeness (QED) is 0.601. The lowest BCUT2D eigenvalue weighted by molar-refractivity contribution is -0.384. The van der Waals surface area contributed by atoms with Gasteiger partial charge in [0.2, 0.25) is 5.91 Å². The van der Waals surface area contributed by atoms with Gasteiger partial charge >= 0.3 is 0 Å². The number of nitro benzene ring substituents is 1. The van der Waals surface area contributed by atoms with Gasteiger partial charge in [-0.1, -0.05) is 31.2 Å². The largest absolute Gasteiger partial charge is 0.334 e. The Balaban J connectivity index is 1.47. The van der Waals surface area contributed by atoms with Crippen molar-refractivity contribution in [2.24, 2.45) is 0 Å². The average Bonchev–Trinajstić information content (AvgIpc) is 2.67. The van der Waals surface area contributed by atoms with E-state index < -0.39 is 0 Å². The minimum absolute atomic E-state index is 0.122. The first-order chi connectivity index (χ1) is 12.6. The summed E-state index contributed by atoms with van der Waals surface area (Å²) in [5.41, 5.74) is 0.978. The molecule has 0 aromatic heterocycles. The number of amides is 1. The molecule has 5 fully saturated rings. The zero-order chi connectivity index (χ0) is 18.3. The van der Waals surface area contributed by atoms with Crippen LogP contribution in [0, 0.1) is 10.1 Å². The molecule has 138 valence electrons. The highest BCUT2D eigenvalue weighted by molar-refractivity contribution is 5.77. The van der Waals surface area contributed by atoms with Crippen LogP contribution in [0.25, 0.3) is 6.08 Å². The normalized spacial score (nSPS) is 30.3. The van der Waals surface area contributed by atoms with Crippen LogP contribution in [-0.4, -0.2) is 51.3 Å². The Morgan fingerprint density at radius 1 is 1.19 bits per heavy atom. The first-order valence-corrected chi connectivity index (χ1v) is 9.58. The van der Waals surface area contributed by atoms with Crippen LogP contribution in [0.5, 0.6) is 0 Å². The Bertz CT molecular complexity index is 728. The van der Waals surface area contributed by atoms with E-state index in [1.165, 1.54) is 18.9 Å². The van der Waals surface area contributed by atoms with Gasteiger partial charge in [0.25, 0.3) is 5.69 Å². The summed E-state index contributed by atoms with van der Waals surface area (Å²) < 4.78 is 0. The van der Waals surface area contributed by atoms with Crippen molar-refractivity contribution in [3.05, 3.63) is 46.0 Å². The van der Waals surface area contributed by atoms with E-state index in [0.29, 0.717) is 36.5 Å². The highest BCUT2D eigenvalue weighted by Crippen LogP contribution is 2.45. The van der Waals surface area contributed by atoms with Crippen molar-refractivity contribution in [3.63, 3.8) is 0 Å². The lowest BCUT2D eigenvalue weighted by atomic mass is 9.71.